The predicted octanol–water partition coefficient (Wildman–Crippen LogP) is 0.755. The Morgan fingerprint density at radius 2 is 1.84 bits per heavy atom. The molecule has 1 rings (SSSR count). The molecule has 0 heterocycles. The van der Waals surface area contributed by atoms with E-state index in [1.807, 2.05) is 0 Å². The first kappa shape index (κ1) is 15.0. The fourth-order valence-corrected chi connectivity index (χ4v) is 1.43. The number of hydrogen-bond donors (Lipinski definition) is 1. The van der Waals surface area contributed by atoms with Crippen LogP contribution in [0.15, 0.2) is 24.3 Å². The molecule has 0 fully saturated rings. The molecule has 6 heteroatoms. The van der Waals surface area contributed by atoms with E-state index in [2.05, 4.69) is 0 Å². The summed E-state index contributed by atoms with van der Waals surface area (Å²) in [5.74, 6) is -0.639. The number of nitrogens with zero attached hydrogens (tertiary/aromatic N) is 1. The maximum atomic E-state index is 11.5. The zero-order valence-electron chi connectivity index (χ0n) is 11.0. The van der Waals surface area contributed by atoms with Gasteiger partial charge in [-0.2, -0.15) is 0 Å². The summed E-state index contributed by atoms with van der Waals surface area (Å²) in [5, 5.41) is 8.48. The number of ether oxygens (including phenoxy) is 2. The van der Waals surface area contributed by atoms with E-state index < -0.39 is 5.97 Å². The molecule has 19 heavy (non-hydrogen) atoms. The summed E-state index contributed by atoms with van der Waals surface area (Å²) in [6.07, 6.45) is 0. The quantitative estimate of drug-likeness (QED) is 0.789. The Kier molecular flexibility index (Phi) is 5.81. The lowest BCUT2D eigenvalue weighted by Gasteiger charge is -2.16. The lowest BCUT2D eigenvalue weighted by Crippen LogP contribution is -2.29. The number of benzene rings is 1. The van der Waals surface area contributed by atoms with Gasteiger partial charge in [-0.05, 0) is 17.7 Å². The molecule has 0 aliphatic rings. The molecule has 1 aromatic rings. The average Bonchev–Trinajstić information content (AvgIpc) is 2.38. The first-order valence-electron chi connectivity index (χ1n) is 5.69. The van der Waals surface area contributed by atoms with Gasteiger partial charge in [0.15, 0.2) is 6.61 Å². The van der Waals surface area contributed by atoms with Crippen LogP contribution in [0.1, 0.15) is 5.56 Å². The third-order valence-corrected chi connectivity index (χ3v) is 2.40. The normalized spacial score (nSPS) is 10.0. The van der Waals surface area contributed by atoms with Crippen LogP contribution in [0.25, 0.3) is 0 Å². The first-order chi connectivity index (χ1) is 9.02. The van der Waals surface area contributed by atoms with Gasteiger partial charge in [-0.3, -0.25) is 4.79 Å². The minimum atomic E-state index is -1.02. The number of methoxy groups -OCH3 is 1. The summed E-state index contributed by atoms with van der Waals surface area (Å²) in [6, 6.07) is 6.92. The van der Waals surface area contributed by atoms with Gasteiger partial charge >= 0.3 is 5.97 Å². The number of amides is 1. The third kappa shape index (κ3) is 5.39. The van der Waals surface area contributed by atoms with Crippen molar-refractivity contribution in [3.63, 3.8) is 0 Å². The molecule has 0 atom stereocenters. The highest BCUT2D eigenvalue weighted by Crippen LogP contribution is 2.13. The Morgan fingerprint density at radius 1 is 1.21 bits per heavy atom. The molecule has 0 radical (unpaired) electrons. The van der Waals surface area contributed by atoms with E-state index in [1.165, 1.54) is 7.11 Å². The largest absolute Gasteiger partial charge is 0.482 e. The molecule has 1 N–H and O–H groups in total. The number of carboxylic acids is 1. The molecule has 0 unspecified atom stereocenters. The predicted molar refractivity (Wildman–Crippen MR) is 67.9 cm³/mol. The van der Waals surface area contributed by atoms with E-state index in [9.17, 15) is 9.59 Å². The first-order valence-corrected chi connectivity index (χ1v) is 5.69. The van der Waals surface area contributed by atoms with Crippen molar-refractivity contribution >= 4 is 11.9 Å². The van der Waals surface area contributed by atoms with Crippen molar-refractivity contribution in [1.29, 1.82) is 0 Å². The second-order valence-electron chi connectivity index (χ2n) is 4.01. The molecule has 0 aliphatic heterocycles. The lowest BCUT2D eigenvalue weighted by molar-refractivity contribution is -0.139. The number of rotatable bonds is 7. The summed E-state index contributed by atoms with van der Waals surface area (Å²) in [4.78, 5) is 23.4. The number of aliphatic carboxylic acids is 1. The number of hydrogen-bond acceptors (Lipinski definition) is 4. The van der Waals surface area contributed by atoms with Gasteiger partial charge in [0.05, 0.1) is 0 Å². The summed E-state index contributed by atoms with van der Waals surface area (Å²) in [6.45, 7) is 0.142. The molecule has 6 nitrogen and oxygen atoms in total. The van der Waals surface area contributed by atoms with Gasteiger partial charge in [0.2, 0.25) is 5.91 Å². The summed E-state index contributed by atoms with van der Waals surface area (Å²) >= 11 is 0. The molecule has 1 aromatic carbocycles. The fraction of sp³-hybridized carbons (Fsp3) is 0.385. The Labute approximate surface area is 111 Å². The molecule has 0 aliphatic carbocycles. The molecular weight excluding hydrogens is 250 g/mol. The van der Waals surface area contributed by atoms with Crippen molar-refractivity contribution < 1.29 is 24.2 Å². The van der Waals surface area contributed by atoms with E-state index in [0.29, 0.717) is 12.3 Å². The summed E-state index contributed by atoms with van der Waals surface area (Å²) in [7, 11) is 3.16. The van der Waals surface area contributed by atoms with Crippen molar-refractivity contribution in [2.45, 2.75) is 6.54 Å². The average molecular weight is 267 g/mol. The van der Waals surface area contributed by atoms with E-state index in [1.54, 1.807) is 36.2 Å². The topological polar surface area (TPSA) is 76.1 Å². The van der Waals surface area contributed by atoms with E-state index >= 15 is 0 Å². The number of likely N-dealkylation sites (N-methyl/N-ethyl adjacent to an activating group) is 1. The van der Waals surface area contributed by atoms with E-state index in [4.69, 9.17) is 14.6 Å². The highest BCUT2D eigenvalue weighted by atomic mass is 16.5. The zero-order valence-corrected chi connectivity index (χ0v) is 11.0. The van der Waals surface area contributed by atoms with Crippen LogP contribution in [-0.2, 0) is 20.9 Å². The van der Waals surface area contributed by atoms with Crippen molar-refractivity contribution in [1.82, 2.24) is 4.90 Å². The molecule has 0 bridgehead atoms. The molecule has 104 valence electrons. The number of carbonyl (C=O) groups is 2. The monoisotopic (exact) mass is 267 g/mol. The second-order valence-corrected chi connectivity index (χ2v) is 4.01. The maximum absolute atomic E-state index is 11.5. The lowest BCUT2D eigenvalue weighted by atomic mass is 10.2. The Balaban J connectivity index is 2.52. The Morgan fingerprint density at radius 3 is 2.37 bits per heavy atom. The van der Waals surface area contributed by atoms with Crippen molar-refractivity contribution in [3.05, 3.63) is 29.8 Å². The summed E-state index contributed by atoms with van der Waals surface area (Å²) < 4.78 is 9.78. The van der Waals surface area contributed by atoms with Gasteiger partial charge in [0, 0.05) is 20.7 Å². The van der Waals surface area contributed by atoms with Crippen LogP contribution in [-0.4, -0.2) is 49.3 Å². The number of carboxylic acid groups (broad SMARTS) is 1. The molecular formula is C13H17NO5. The highest BCUT2D eigenvalue weighted by Gasteiger charge is 2.08. The second kappa shape index (κ2) is 7.38. The van der Waals surface area contributed by atoms with Gasteiger partial charge in [0.25, 0.3) is 0 Å². The van der Waals surface area contributed by atoms with Crippen LogP contribution in [0.3, 0.4) is 0 Å². The minimum Gasteiger partial charge on any atom is -0.482 e. The van der Waals surface area contributed by atoms with Gasteiger partial charge in [-0.15, -0.1) is 0 Å². The van der Waals surface area contributed by atoms with Crippen LogP contribution in [0.5, 0.6) is 5.75 Å². The Bertz CT molecular complexity index is 429. The van der Waals surface area contributed by atoms with Gasteiger partial charge in [-0.25, -0.2) is 4.79 Å². The molecule has 0 spiro atoms. The van der Waals surface area contributed by atoms with Crippen LogP contribution in [0, 0.1) is 0 Å². The Hall–Kier alpha value is -2.08. The standard InChI is InChI=1S/C13H17NO5/c1-14(12(15)8-18-2)7-10-3-5-11(6-4-10)19-9-13(16)17/h3-6H,7-9H2,1-2H3,(H,16,17). The minimum absolute atomic E-state index is 0.0519. The van der Waals surface area contributed by atoms with E-state index in [0.717, 1.165) is 5.56 Å². The molecule has 0 saturated carbocycles. The van der Waals surface area contributed by atoms with Gasteiger partial charge in [0.1, 0.15) is 12.4 Å². The smallest absolute Gasteiger partial charge is 0.341 e. The molecule has 0 saturated heterocycles. The van der Waals surface area contributed by atoms with Crippen LogP contribution >= 0.6 is 0 Å². The highest BCUT2D eigenvalue weighted by molar-refractivity contribution is 5.77. The van der Waals surface area contributed by atoms with E-state index in [-0.39, 0.29) is 19.1 Å². The third-order valence-electron chi connectivity index (χ3n) is 2.40. The SMILES string of the molecule is COCC(=O)N(C)Cc1ccc(OCC(=O)O)cc1. The fourth-order valence-electron chi connectivity index (χ4n) is 1.43. The number of carbonyl (C=O) groups excluding carboxylic acids is 1. The zero-order chi connectivity index (χ0) is 14.3. The maximum Gasteiger partial charge on any atom is 0.341 e. The van der Waals surface area contributed by atoms with Gasteiger partial charge < -0.3 is 19.5 Å². The van der Waals surface area contributed by atoms with Crippen molar-refractivity contribution in [2.24, 2.45) is 0 Å². The van der Waals surface area contributed by atoms with Crippen molar-refractivity contribution in [2.75, 3.05) is 27.4 Å². The van der Waals surface area contributed by atoms with Gasteiger partial charge in [-0.1, -0.05) is 12.1 Å². The van der Waals surface area contributed by atoms with Crippen molar-refractivity contribution in [3.8, 4) is 5.75 Å². The molecule has 1 amide bonds. The van der Waals surface area contributed by atoms with Crippen LogP contribution < -0.4 is 4.74 Å². The summed E-state index contributed by atoms with van der Waals surface area (Å²) in [5.41, 5.74) is 0.926. The molecule has 0 aromatic heterocycles. The van der Waals surface area contributed by atoms with Crippen LogP contribution in [0.4, 0.5) is 0 Å². The van der Waals surface area contributed by atoms with Crippen LogP contribution in [0.2, 0.25) is 0 Å².